The Labute approximate surface area is 149 Å². The zero-order valence-corrected chi connectivity index (χ0v) is 16.0. The maximum Gasteiger partial charge on any atom is 0.228 e. The van der Waals surface area contributed by atoms with Gasteiger partial charge in [0, 0.05) is 13.1 Å². The molecular weight excluding hydrogens is 314 g/mol. The van der Waals surface area contributed by atoms with Crippen LogP contribution >= 0.6 is 0 Å². The highest BCUT2D eigenvalue weighted by Crippen LogP contribution is 2.20. The first-order valence-electron chi connectivity index (χ1n) is 8.49. The van der Waals surface area contributed by atoms with E-state index in [4.69, 9.17) is 5.73 Å². The number of nitrogens with two attached hydrogens (primary N) is 1. The van der Waals surface area contributed by atoms with E-state index < -0.39 is 0 Å². The minimum absolute atomic E-state index is 0.112. The van der Waals surface area contributed by atoms with Gasteiger partial charge < -0.3 is 16.4 Å². The van der Waals surface area contributed by atoms with Crippen molar-refractivity contribution in [2.24, 2.45) is 10.8 Å². The Morgan fingerprint density at radius 2 is 1.32 bits per heavy atom. The van der Waals surface area contributed by atoms with E-state index in [2.05, 4.69) is 72.1 Å². The summed E-state index contributed by atoms with van der Waals surface area (Å²) >= 11 is 0. The summed E-state index contributed by atoms with van der Waals surface area (Å²) in [5, 5.41) is 6.57. The smallest absolute Gasteiger partial charge is 0.228 e. The van der Waals surface area contributed by atoms with Crippen LogP contribution in [-0.2, 0) is 0 Å². The molecule has 0 saturated carbocycles. The van der Waals surface area contributed by atoms with Crippen LogP contribution in [0.15, 0.2) is 18.2 Å². The Kier molecular flexibility index (Phi) is 5.45. The third-order valence-corrected chi connectivity index (χ3v) is 3.19. The number of nitrogens with one attached hydrogen (secondary N) is 2. The lowest BCUT2D eigenvalue weighted by Crippen LogP contribution is -2.23. The van der Waals surface area contributed by atoms with E-state index in [1.165, 1.54) is 0 Å². The topological polar surface area (TPSA) is 102 Å². The highest BCUT2D eigenvalue weighted by atomic mass is 15.2. The van der Waals surface area contributed by atoms with Gasteiger partial charge in [-0.3, -0.25) is 0 Å². The molecule has 0 bridgehead atoms. The Hall–Kier alpha value is -2.44. The molecule has 0 unspecified atom stereocenters. The van der Waals surface area contributed by atoms with Gasteiger partial charge in [0.25, 0.3) is 0 Å². The van der Waals surface area contributed by atoms with Crippen LogP contribution in [0.1, 0.15) is 41.5 Å². The second kappa shape index (κ2) is 7.21. The van der Waals surface area contributed by atoms with Crippen LogP contribution in [0.25, 0.3) is 11.5 Å². The predicted molar refractivity (Wildman–Crippen MR) is 103 cm³/mol. The van der Waals surface area contributed by atoms with Gasteiger partial charge >= 0.3 is 0 Å². The molecule has 7 nitrogen and oxygen atoms in total. The molecule has 0 saturated heterocycles. The summed E-state index contributed by atoms with van der Waals surface area (Å²) in [5.74, 6) is 1.99. The molecule has 4 N–H and O–H groups in total. The van der Waals surface area contributed by atoms with Crippen LogP contribution in [0, 0.1) is 10.8 Å². The summed E-state index contributed by atoms with van der Waals surface area (Å²) in [7, 11) is 0. The van der Waals surface area contributed by atoms with E-state index in [1.807, 2.05) is 12.1 Å². The number of nitrogen functional groups attached to an aromatic ring is 1. The SMILES string of the molecule is CC(C)(C)CNc1nc(NCC(C)(C)C)nc(-c2cccc(N)n2)n1. The molecule has 2 aromatic rings. The van der Waals surface area contributed by atoms with Crippen molar-refractivity contribution in [2.75, 3.05) is 29.5 Å². The normalized spacial score (nSPS) is 12.1. The Bertz CT molecular complexity index is 678. The molecule has 7 heteroatoms. The van der Waals surface area contributed by atoms with E-state index >= 15 is 0 Å². The highest BCUT2D eigenvalue weighted by Gasteiger charge is 2.15. The van der Waals surface area contributed by atoms with Gasteiger partial charge in [-0.25, -0.2) is 4.98 Å². The van der Waals surface area contributed by atoms with Crippen LogP contribution < -0.4 is 16.4 Å². The van der Waals surface area contributed by atoms with Crippen LogP contribution in [0.5, 0.6) is 0 Å². The van der Waals surface area contributed by atoms with E-state index in [0.29, 0.717) is 29.2 Å². The lowest BCUT2D eigenvalue weighted by molar-refractivity contribution is 0.440. The lowest BCUT2D eigenvalue weighted by atomic mass is 9.97. The maximum absolute atomic E-state index is 5.79. The second-order valence-corrected chi connectivity index (χ2v) is 8.58. The molecule has 136 valence electrons. The summed E-state index contributed by atoms with van der Waals surface area (Å²) in [6, 6.07) is 5.42. The van der Waals surface area contributed by atoms with Gasteiger partial charge in [-0.05, 0) is 23.0 Å². The molecule has 0 aromatic carbocycles. The van der Waals surface area contributed by atoms with Crippen molar-refractivity contribution in [1.82, 2.24) is 19.9 Å². The quantitative estimate of drug-likeness (QED) is 0.764. The van der Waals surface area contributed by atoms with Gasteiger partial charge in [0.05, 0.1) is 0 Å². The van der Waals surface area contributed by atoms with Gasteiger partial charge in [0.1, 0.15) is 11.5 Å². The van der Waals surface area contributed by atoms with Crippen molar-refractivity contribution >= 4 is 17.7 Å². The van der Waals surface area contributed by atoms with Crippen LogP contribution in [0.2, 0.25) is 0 Å². The van der Waals surface area contributed by atoms with E-state index in [1.54, 1.807) is 6.07 Å². The van der Waals surface area contributed by atoms with Crippen molar-refractivity contribution in [3.8, 4) is 11.5 Å². The molecule has 2 heterocycles. The molecule has 2 aromatic heterocycles. The zero-order chi connectivity index (χ0) is 18.7. The summed E-state index contributed by atoms with van der Waals surface area (Å²) in [5.41, 5.74) is 6.64. The molecule has 0 aliphatic rings. The largest absolute Gasteiger partial charge is 0.384 e. The minimum Gasteiger partial charge on any atom is -0.384 e. The Morgan fingerprint density at radius 1 is 0.800 bits per heavy atom. The first-order valence-corrected chi connectivity index (χ1v) is 8.49. The molecule has 0 aliphatic carbocycles. The number of anilines is 3. The number of nitrogens with zero attached hydrogens (tertiary/aromatic N) is 4. The van der Waals surface area contributed by atoms with Crippen molar-refractivity contribution in [2.45, 2.75) is 41.5 Å². The monoisotopic (exact) mass is 343 g/mol. The van der Waals surface area contributed by atoms with Crippen LogP contribution in [0.3, 0.4) is 0 Å². The number of hydrogen-bond acceptors (Lipinski definition) is 7. The molecule has 0 atom stereocenters. The Morgan fingerprint density at radius 3 is 1.76 bits per heavy atom. The summed E-state index contributed by atoms with van der Waals surface area (Å²) < 4.78 is 0. The third kappa shape index (κ3) is 6.52. The molecule has 0 aliphatic heterocycles. The minimum atomic E-state index is 0.112. The number of aromatic nitrogens is 4. The first kappa shape index (κ1) is 18.9. The molecule has 2 rings (SSSR count). The molecular formula is C18H29N7. The van der Waals surface area contributed by atoms with E-state index in [-0.39, 0.29) is 10.8 Å². The number of hydrogen-bond donors (Lipinski definition) is 3. The highest BCUT2D eigenvalue weighted by molar-refractivity contribution is 5.55. The first-order chi connectivity index (χ1) is 11.5. The van der Waals surface area contributed by atoms with Crippen molar-refractivity contribution in [1.29, 1.82) is 0 Å². The standard InChI is InChI=1S/C18H29N7/c1-17(2,3)10-20-15-23-14(12-8-7-9-13(19)22-12)24-16(25-15)21-11-18(4,5)6/h7-9H,10-11H2,1-6H3,(H2,19,22)(H2,20,21,23,24,25). The molecule has 0 amide bonds. The maximum atomic E-state index is 5.79. The molecule has 0 fully saturated rings. The van der Waals surface area contributed by atoms with Crippen LogP contribution in [0.4, 0.5) is 17.7 Å². The van der Waals surface area contributed by atoms with Gasteiger partial charge in [-0.15, -0.1) is 0 Å². The summed E-state index contributed by atoms with van der Waals surface area (Å²) in [6.07, 6.45) is 0. The fourth-order valence-corrected chi connectivity index (χ4v) is 1.91. The van der Waals surface area contributed by atoms with Crippen LogP contribution in [-0.4, -0.2) is 33.0 Å². The summed E-state index contributed by atoms with van der Waals surface area (Å²) in [6.45, 7) is 14.4. The average Bonchev–Trinajstić information content (AvgIpc) is 2.49. The van der Waals surface area contributed by atoms with Gasteiger partial charge in [0.15, 0.2) is 5.82 Å². The lowest BCUT2D eigenvalue weighted by Gasteiger charge is -2.20. The zero-order valence-electron chi connectivity index (χ0n) is 16.0. The van der Waals surface area contributed by atoms with Gasteiger partial charge in [-0.2, -0.15) is 15.0 Å². The molecule has 25 heavy (non-hydrogen) atoms. The third-order valence-electron chi connectivity index (χ3n) is 3.19. The predicted octanol–water partition coefficient (Wildman–Crippen LogP) is 3.43. The number of rotatable bonds is 5. The van der Waals surface area contributed by atoms with Crippen molar-refractivity contribution in [3.05, 3.63) is 18.2 Å². The fraction of sp³-hybridized carbons (Fsp3) is 0.556. The van der Waals surface area contributed by atoms with Gasteiger partial charge in [-0.1, -0.05) is 47.6 Å². The second-order valence-electron chi connectivity index (χ2n) is 8.58. The fourth-order valence-electron chi connectivity index (χ4n) is 1.91. The van der Waals surface area contributed by atoms with E-state index in [0.717, 1.165) is 13.1 Å². The van der Waals surface area contributed by atoms with Crippen molar-refractivity contribution < 1.29 is 0 Å². The number of pyridine rings is 1. The van der Waals surface area contributed by atoms with Gasteiger partial charge in [0.2, 0.25) is 11.9 Å². The average molecular weight is 343 g/mol. The summed E-state index contributed by atoms with van der Waals surface area (Å²) in [4.78, 5) is 17.8. The Balaban J connectivity index is 2.33. The van der Waals surface area contributed by atoms with Crippen molar-refractivity contribution in [3.63, 3.8) is 0 Å². The molecule has 0 spiro atoms. The van der Waals surface area contributed by atoms with E-state index in [9.17, 15) is 0 Å². The molecule has 0 radical (unpaired) electrons.